The summed E-state index contributed by atoms with van der Waals surface area (Å²) in [5.41, 5.74) is 4.66. The number of hydrogen-bond acceptors (Lipinski definition) is 2. The zero-order chi connectivity index (χ0) is 14.9. The number of benzene rings is 2. The van der Waals surface area contributed by atoms with Crippen LogP contribution in [0.5, 0.6) is 0 Å². The van der Waals surface area contributed by atoms with Gasteiger partial charge < -0.3 is 0 Å². The van der Waals surface area contributed by atoms with E-state index in [2.05, 4.69) is 59.7 Å². The van der Waals surface area contributed by atoms with Gasteiger partial charge in [0.2, 0.25) is 0 Å². The van der Waals surface area contributed by atoms with Gasteiger partial charge in [0.15, 0.2) is 0 Å². The Balaban J connectivity index is 1.62. The predicted molar refractivity (Wildman–Crippen MR) is 94.7 cm³/mol. The Hall–Kier alpha value is -1.25. The molecule has 0 aromatic heterocycles. The fraction of sp³-hybridized carbons (Fsp3) is 0.400. The molecule has 0 saturated carbocycles. The van der Waals surface area contributed by atoms with Crippen molar-refractivity contribution in [3.63, 3.8) is 0 Å². The fourth-order valence-corrected chi connectivity index (χ4v) is 4.59. The van der Waals surface area contributed by atoms with Gasteiger partial charge in [0.1, 0.15) is 0 Å². The second kappa shape index (κ2) is 6.10. The largest absolute Gasteiger partial charge is 0.296 e. The summed E-state index contributed by atoms with van der Waals surface area (Å²) in [4.78, 5) is 4.07. The summed E-state index contributed by atoms with van der Waals surface area (Å²) in [6.45, 7) is 2.51. The standard InChI is InChI=1S/C20H23NS/c1-22-17-10-8-15(9-11-17)13-16-14-21-12-4-7-20(21)19-6-3-2-5-18(16)19/h2-3,5-6,8-11,16,20H,4,7,12-14H2,1H3/t16?,20-/m1/s1. The van der Waals surface area contributed by atoms with Crippen LogP contribution in [0.15, 0.2) is 53.4 Å². The highest BCUT2D eigenvalue weighted by Crippen LogP contribution is 2.42. The number of fused-ring (bicyclic) bond motifs is 3. The molecule has 0 amide bonds. The Morgan fingerprint density at radius 2 is 1.82 bits per heavy atom. The van der Waals surface area contributed by atoms with E-state index in [-0.39, 0.29) is 0 Å². The van der Waals surface area contributed by atoms with Crippen LogP contribution in [-0.2, 0) is 6.42 Å². The average Bonchev–Trinajstić information content (AvgIpc) is 3.04. The molecule has 2 aromatic rings. The van der Waals surface area contributed by atoms with Crippen molar-refractivity contribution < 1.29 is 0 Å². The molecule has 2 atom stereocenters. The van der Waals surface area contributed by atoms with Gasteiger partial charge in [0, 0.05) is 23.4 Å². The number of nitrogens with zero attached hydrogens (tertiary/aromatic N) is 1. The molecule has 0 radical (unpaired) electrons. The molecule has 1 saturated heterocycles. The fourth-order valence-electron chi connectivity index (χ4n) is 4.19. The van der Waals surface area contributed by atoms with Crippen molar-refractivity contribution in [2.24, 2.45) is 0 Å². The minimum Gasteiger partial charge on any atom is -0.296 e. The van der Waals surface area contributed by atoms with E-state index in [0.717, 1.165) is 6.42 Å². The molecule has 2 aromatic carbocycles. The topological polar surface area (TPSA) is 3.24 Å². The third kappa shape index (κ3) is 2.59. The van der Waals surface area contributed by atoms with Crippen molar-refractivity contribution >= 4 is 11.8 Å². The predicted octanol–water partition coefficient (Wildman–Crippen LogP) is 4.89. The number of rotatable bonds is 3. The molecule has 0 bridgehead atoms. The minimum absolute atomic E-state index is 0.644. The first kappa shape index (κ1) is 14.3. The zero-order valence-electron chi connectivity index (χ0n) is 13.2. The van der Waals surface area contributed by atoms with Crippen molar-refractivity contribution in [3.8, 4) is 0 Å². The van der Waals surface area contributed by atoms with Gasteiger partial charge in [-0.25, -0.2) is 0 Å². The van der Waals surface area contributed by atoms with Crippen LogP contribution >= 0.6 is 11.8 Å². The van der Waals surface area contributed by atoms with Crippen molar-refractivity contribution in [1.82, 2.24) is 4.90 Å². The quantitative estimate of drug-likeness (QED) is 0.743. The summed E-state index contributed by atoms with van der Waals surface area (Å²) in [6, 6.07) is 19.0. The van der Waals surface area contributed by atoms with Crippen molar-refractivity contribution in [2.45, 2.75) is 36.1 Å². The lowest BCUT2D eigenvalue weighted by Crippen LogP contribution is -2.34. The summed E-state index contributed by atoms with van der Waals surface area (Å²) >= 11 is 1.82. The maximum absolute atomic E-state index is 2.71. The summed E-state index contributed by atoms with van der Waals surface area (Å²) in [5.74, 6) is 0.644. The Kier molecular flexibility index (Phi) is 3.98. The van der Waals surface area contributed by atoms with Gasteiger partial charge in [0.25, 0.3) is 0 Å². The van der Waals surface area contributed by atoms with Crippen LogP contribution < -0.4 is 0 Å². The SMILES string of the molecule is CSc1ccc(CC2CN3CCC[C@@H]3c3ccccc32)cc1. The molecule has 2 aliphatic heterocycles. The molecule has 2 aliphatic rings. The summed E-state index contributed by atoms with van der Waals surface area (Å²) in [5, 5.41) is 0. The monoisotopic (exact) mass is 309 g/mol. The maximum Gasteiger partial charge on any atom is 0.0351 e. The maximum atomic E-state index is 2.71. The highest BCUT2D eigenvalue weighted by Gasteiger charge is 2.35. The van der Waals surface area contributed by atoms with E-state index in [0.29, 0.717) is 12.0 Å². The zero-order valence-corrected chi connectivity index (χ0v) is 14.0. The average molecular weight is 309 g/mol. The lowest BCUT2D eigenvalue weighted by molar-refractivity contribution is 0.219. The van der Waals surface area contributed by atoms with Crippen LogP contribution in [0, 0.1) is 0 Å². The van der Waals surface area contributed by atoms with Crippen molar-refractivity contribution in [1.29, 1.82) is 0 Å². The highest BCUT2D eigenvalue weighted by atomic mass is 32.2. The van der Waals surface area contributed by atoms with E-state index < -0.39 is 0 Å². The van der Waals surface area contributed by atoms with E-state index in [9.17, 15) is 0 Å². The van der Waals surface area contributed by atoms with Crippen molar-refractivity contribution in [2.75, 3.05) is 19.3 Å². The Labute approximate surface area is 137 Å². The second-order valence-corrected chi connectivity index (χ2v) is 7.41. The molecule has 1 nitrogen and oxygen atoms in total. The van der Waals surface area contributed by atoms with Crippen LogP contribution in [0.3, 0.4) is 0 Å². The van der Waals surface area contributed by atoms with E-state index in [1.165, 1.54) is 36.4 Å². The first-order chi connectivity index (χ1) is 10.8. The van der Waals surface area contributed by atoms with Gasteiger partial charge in [0.05, 0.1) is 0 Å². The van der Waals surface area contributed by atoms with Crippen LogP contribution in [0.2, 0.25) is 0 Å². The summed E-state index contributed by atoms with van der Waals surface area (Å²) in [7, 11) is 0. The third-order valence-corrected chi connectivity index (χ3v) is 6.00. The molecule has 1 fully saturated rings. The summed E-state index contributed by atoms with van der Waals surface area (Å²) in [6.07, 6.45) is 6.00. The Bertz CT molecular complexity index is 649. The second-order valence-electron chi connectivity index (χ2n) is 6.53. The van der Waals surface area contributed by atoms with Gasteiger partial charge in [-0.05, 0) is 60.9 Å². The lowest BCUT2D eigenvalue weighted by Gasteiger charge is -2.37. The lowest BCUT2D eigenvalue weighted by atomic mass is 9.82. The van der Waals surface area contributed by atoms with Crippen LogP contribution in [0.25, 0.3) is 0 Å². The van der Waals surface area contributed by atoms with Gasteiger partial charge in [-0.2, -0.15) is 0 Å². The molecule has 2 heterocycles. The number of thioether (sulfide) groups is 1. The first-order valence-electron chi connectivity index (χ1n) is 8.31. The van der Waals surface area contributed by atoms with Gasteiger partial charge >= 0.3 is 0 Å². The Morgan fingerprint density at radius 1 is 1.05 bits per heavy atom. The number of hydrogen-bond donors (Lipinski definition) is 0. The normalized spacial score (nSPS) is 24.0. The van der Waals surface area contributed by atoms with Crippen LogP contribution in [-0.4, -0.2) is 24.2 Å². The van der Waals surface area contributed by atoms with E-state index in [1.54, 1.807) is 11.1 Å². The third-order valence-electron chi connectivity index (χ3n) is 5.25. The van der Waals surface area contributed by atoms with Gasteiger partial charge in [-0.3, -0.25) is 4.90 Å². The van der Waals surface area contributed by atoms with Crippen molar-refractivity contribution in [3.05, 3.63) is 65.2 Å². The first-order valence-corrected chi connectivity index (χ1v) is 9.53. The molecule has 1 unspecified atom stereocenters. The molecule has 0 N–H and O–H groups in total. The molecule has 114 valence electrons. The molecule has 4 rings (SSSR count). The molecule has 0 spiro atoms. The molecular weight excluding hydrogens is 286 g/mol. The van der Waals surface area contributed by atoms with Gasteiger partial charge in [-0.15, -0.1) is 11.8 Å². The van der Waals surface area contributed by atoms with E-state index in [4.69, 9.17) is 0 Å². The van der Waals surface area contributed by atoms with Crippen LogP contribution in [0.4, 0.5) is 0 Å². The molecule has 0 aliphatic carbocycles. The molecule has 22 heavy (non-hydrogen) atoms. The molecule has 2 heteroatoms. The summed E-state index contributed by atoms with van der Waals surface area (Å²) < 4.78 is 0. The van der Waals surface area contributed by atoms with Crippen LogP contribution in [0.1, 0.15) is 41.5 Å². The Morgan fingerprint density at radius 3 is 2.59 bits per heavy atom. The molecular formula is C20H23NS. The smallest absolute Gasteiger partial charge is 0.0351 e. The highest BCUT2D eigenvalue weighted by molar-refractivity contribution is 7.98. The van der Waals surface area contributed by atoms with E-state index >= 15 is 0 Å². The van der Waals surface area contributed by atoms with Gasteiger partial charge in [-0.1, -0.05) is 36.4 Å². The van der Waals surface area contributed by atoms with E-state index in [1.807, 2.05) is 11.8 Å². The minimum atomic E-state index is 0.644.